The van der Waals surface area contributed by atoms with Gasteiger partial charge in [0.05, 0.1) is 14.2 Å². The summed E-state index contributed by atoms with van der Waals surface area (Å²) in [5.74, 6) is 0.443. The molecule has 0 unspecified atom stereocenters. The van der Waals surface area contributed by atoms with Crippen LogP contribution >= 0.6 is 12.6 Å². The van der Waals surface area contributed by atoms with E-state index in [9.17, 15) is 4.79 Å². The molecule has 0 aliphatic carbocycles. The molecule has 1 aliphatic heterocycles. The third kappa shape index (κ3) is 2.58. The van der Waals surface area contributed by atoms with Gasteiger partial charge in [-0.25, -0.2) is 0 Å². The highest BCUT2D eigenvalue weighted by Gasteiger charge is 2.44. The van der Waals surface area contributed by atoms with Crippen molar-refractivity contribution in [1.29, 1.82) is 0 Å². The third-order valence-corrected chi connectivity index (χ3v) is 3.90. The Kier molecular flexibility index (Phi) is 4.37. The number of carbonyl (C=O) groups is 1. The van der Waals surface area contributed by atoms with Crippen molar-refractivity contribution >= 4 is 18.6 Å². The SMILES string of the molecule is COC(=O)C1(c2cc(S)ccc2OC)CCOCC1. The van der Waals surface area contributed by atoms with Crippen LogP contribution in [0.15, 0.2) is 23.1 Å². The number of carbonyl (C=O) groups excluding carboxylic acids is 1. The number of benzene rings is 1. The van der Waals surface area contributed by atoms with Crippen LogP contribution < -0.4 is 4.74 Å². The Morgan fingerprint density at radius 3 is 2.58 bits per heavy atom. The first kappa shape index (κ1) is 14.2. The average Bonchev–Trinajstić information content (AvgIpc) is 2.47. The number of thiol groups is 1. The summed E-state index contributed by atoms with van der Waals surface area (Å²) < 4.78 is 15.8. The van der Waals surface area contributed by atoms with Crippen molar-refractivity contribution in [3.8, 4) is 5.75 Å². The van der Waals surface area contributed by atoms with Gasteiger partial charge >= 0.3 is 5.97 Å². The Labute approximate surface area is 118 Å². The fourth-order valence-electron chi connectivity index (χ4n) is 2.57. The monoisotopic (exact) mass is 282 g/mol. The molecule has 1 heterocycles. The first-order valence-corrected chi connectivity index (χ1v) is 6.62. The average molecular weight is 282 g/mol. The van der Waals surface area contributed by atoms with Gasteiger partial charge in [-0.1, -0.05) is 0 Å². The number of hydrogen-bond donors (Lipinski definition) is 1. The van der Waals surface area contributed by atoms with Crippen molar-refractivity contribution in [1.82, 2.24) is 0 Å². The van der Waals surface area contributed by atoms with Crippen molar-refractivity contribution in [3.05, 3.63) is 23.8 Å². The van der Waals surface area contributed by atoms with Gasteiger partial charge in [0, 0.05) is 23.7 Å². The minimum absolute atomic E-state index is 0.243. The summed E-state index contributed by atoms with van der Waals surface area (Å²) in [5.41, 5.74) is 0.134. The largest absolute Gasteiger partial charge is 0.496 e. The van der Waals surface area contributed by atoms with E-state index in [4.69, 9.17) is 14.2 Å². The first-order valence-electron chi connectivity index (χ1n) is 6.17. The highest BCUT2D eigenvalue weighted by molar-refractivity contribution is 7.80. The van der Waals surface area contributed by atoms with Gasteiger partial charge < -0.3 is 14.2 Å². The van der Waals surface area contributed by atoms with E-state index >= 15 is 0 Å². The van der Waals surface area contributed by atoms with E-state index < -0.39 is 5.41 Å². The van der Waals surface area contributed by atoms with Crippen LogP contribution in [0.2, 0.25) is 0 Å². The Hall–Kier alpha value is -1.20. The fraction of sp³-hybridized carbons (Fsp3) is 0.500. The van der Waals surface area contributed by atoms with Crippen LogP contribution in [0.1, 0.15) is 18.4 Å². The Morgan fingerprint density at radius 1 is 1.32 bits per heavy atom. The number of esters is 1. The Balaban J connectivity index is 2.54. The summed E-state index contributed by atoms with van der Waals surface area (Å²) in [6.45, 7) is 1.07. The summed E-state index contributed by atoms with van der Waals surface area (Å²) in [6, 6.07) is 5.55. The molecule has 104 valence electrons. The molecule has 5 heteroatoms. The molecule has 0 atom stereocenters. The maximum absolute atomic E-state index is 12.3. The summed E-state index contributed by atoms with van der Waals surface area (Å²) in [4.78, 5) is 13.1. The van der Waals surface area contributed by atoms with Gasteiger partial charge in [-0.3, -0.25) is 4.79 Å². The minimum Gasteiger partial charge on any atom is -0.496 e. The van der Waals surface area contributed by atoms with Crippen LogP contribution in [0, 0.1) is 0 Å². The normalized spacial score (nSPS) is 17.8. The van der Waals surface area contributed by atoms with Crippen molar-refractivity contribution in [2.45, 2.75) is 23.2 Å². The molecule has 0 bridgehead atoms. The fourth-order valence-corrected chi connectivity index (χ4v) is 2.77. The lowest BCUT2D eigenvalue weighted by Gasteiger charge is -2.35. The lowest BCUT2D eigenvalue weighted by molar-refractivity contribution is -0.151. The van der Waals surface area contributed by atoms with Crippen molar-refractivity contribution in [3.63, 3.8) is 0 Å². The predicted molar refractivity (Wildman–Crippen MR) is 74.0 cm³/mol. The summed E-state index contributed by atoms with van der Waals surface area (Å²) in [7, 11) is 3.01. The van der Waals surface area contributed by atoms with Crippen LogP contribution in [0.3, 0.4) is 0 Å². The molecule has 0 aromatic heterocycles. The van der Waals surface area contributed by atoms with Gasteiger partial charge in [-0.2, -0.15) is 0 Å². The molecule has 19 heavy (non-hydrogen) atoms. The van der Waals surface area contributed by atoms with Crippen LogP contribution in [-0.2, 0) is 19.7 Å². The first-order chi connectivity index (χ1) is 9.14. The van der Waals surface area contributed by atoms with Crippen molar-refractivity contribution in [2.75, 3.05) is 27.4 Å². The van der Waals surface area contributed by atoms with Gasteiger partial charge in [0.2, 0.25) is 0 Å². The summed E-state index contributed by atoms with van der Waals surface area (Å²) in [5, 5.41) is 0. The summed E-state index contributed by atoms with van der Waals surface area (Å²) >= 11 is 4.36. The number of methoxy groups -OCH3 is 2. The summed E-state index contributed by atoms with van der Waals surface area (Å²) in [6.07, 6.45) is 1.18. The topological polar surface area (TPSA) is 44.8 Å². The second-order valence-corrected chi connectivity index (χ2v) is 5.09. The Morgan fingerprint density at radius 2 is 2.00 bits per heavy atom. The van der Waals surface area contributed by atoms with Crippen LogP contribution in [0.5, 0.6) is 5.75 Å². The molecule has 4 nitrogen and oxygen atoms in total. The van der Waals surface area contributed by atoms with E-state index in [1.807, 2.05) is 18.2 Å². The molecule has 0 N–H and O–H groups in total. The quantitative estimate of drug-likeness (QED) is 0.682. The van der Waals surface area contributed by atoms with Crippen molar-refractivity contribution < 1.29 is 19.0 Å². The lowest BCUT2D eigenvalue weighted by atomic mass is 9.73. The zero-order valence-corrected chi connectivity index (χ0v) is 12.0. The molecular weight excluding hydrogens is 264 g/mol. The highest BCUT2D eigenvalue weighted by atomic mass is 32.1. The zero-order chi connectivity index (χ0) is 13.9. The molecule has 0 amide bonds. The van der Waals surface area contributed by atoms with E-state index in [0.29, 0.717) is 31.8 Å². The van der Waals surface area contributed by atoms with Gasteiger partial charge in [0.25, 0.3) is 0 Å². The molecule has 2 rings (SSSR count). The number of hydrogen-bond acceptors (Lipinski definition) is 5. The van der Waals surface area contributed by atoms with Gasteiger partial charge in [-0.05, 0) is 31.0 Å². The molecular formula is C14H18O4S. The maximum Gasteiger partial charge on any atom is 0.316 e. The minimum atomic E-state index is -0.697. The molecule has 1 aliphatic rings. The van der Waals surface area contributed by atoms with E-state index in [2.05, 4.69) is 12.6 Å². The standard InChI is InChI=1S/C14H18O4S/c1-16-12-4-3-10(19)9-11(12)14(13(15)17-2)5-7-18-8-6-14/h3-4,9,19H,5-8H2,1-2H3. The molecule has 0 spiro atoms. The van der Waals surface area contributed by atoms with Gasteiger partial charge in [0.1, 0.15) is 11.2 Å². The molecule has 1 saturated heterocycles. The van der Waals surface area contributed by atoms with E-state index in [-0.39, 0.29) is 5.97 Å². The van der Waals surface area contributed by atoms with Crippen LogP contribution in [-0.4, -0.2) is 33.4 Å². The number of ether oxygens (including phenoxy) is 3. The Bertz CT molecular complexity index is 467. The molecule has 1 fully saturated rings. The second kappa shape index (κ2) is 5.84. The van der Waals surface area contributed by atoms with Gasteiger partial charge in [0.15, 0.2) is 0 Å². The molecule has 1 aromatic rings. The van der Waals surface area contributed by atoms with E-state index in [1.165, 1.54) is 7.11 Å². The third-order valence-electron chi connectivity index (χ3n) is 3.62. The zero-order valence-electron chi connectivity index (χ0n) is 11.1. The maximum atomic E-state index is 12.3. The second-order valence-electron chi connectivity index (χ2n) is 4.57. The lowest BCUT2D eigenvalue weighted by Crippen LogP contribution is -2.42. The number of rotatable bonds is 3. The van der Waals surface area contributed by atoms with E-state index in [1.54, 1.807) is 7.11 Å². The molecule has 0 radical (unpaired) electrons. The molecule has 1 aromatic carbocycles. The van der Waals surface area contributed by atoms with Crippen LogP contribution in [0.4, 0.5) is 0 Å². The van der Waals surface area contributed by atoms with Crippen molar-refractivity contribution in [2.24, 2.45) is 0 Å². The predicted octanol–water partition coefficient (Wildman–Crippen LogP) is 2.21. The van der Waals surface area contributed by atoms with Crippen LogP contribution in [0.25, 0.3) is 0 Å². The highest BCUT2D eigenvalue weighted by Crippen LogP contribution is 2.41. The molecule has 0 saturated carbocycles. The smallest absolute Gasteiger partial charge is 0.316 e. The van der Waals surface area contributed by atoms with E-state index in [0.717, 1.165) is 10.5 Å². The van der Waals surface area contributed by atoms with Gasteiger partial charge in [-0.15, -0.1) is 12.6 Å².